The predicted molar refractivity (Wildman–Crippen MR) is 35.7 cm³/mol. The SMILES string of the molecule is CCC(F)C(F)(F)C[C@H](F)C(F)(F)F. The molecule has 1 unspecified atom stereocenters. The molecule has 0 saturated carbocycles. The molecule has 0 aliphatic rings. The quantitative estimate of drug-likeness (QED) is 0.641. The molecule has 0 rings (SSSR count). The Morgan fingerprint density at radius 1 is 0.929 bits per heavy atom. The molecule has 0 aromatic rings. The molecule has 0 saturated heterocycles. The van der Waals surface area contributed by atoms with Gasteiger partial charge in [-0.2, -0.15) is 13.2 Å². The van der Waals surface area contributed by atoms with Crippen molar-refractivity contribution in [2.75, 3.05) is 0 Å². The lowest BCUT2D eigenvalue weighted by Gasteiger charge is -2.22. The Bertz CT molecular complexity index is 173. The van der Waals surface area contributed by atoms with E-state index in [9.17, 15) is 30.7 Å². The van der Waals surface area contributed by atoms with Gasteiger partial charge < -0.3 is 0 Å². The minimum atomic E-state index is -5.36. The van der Waals surface area contributed by atoms with Crippen molar-refractivity contribution in [3.05, 3.63) is 0 Å². The van der Waals surface area contributed by atoms with E-state index in [-0.39, 0.29) is 0 Å². The number of hydrogen-bond acceptors (Lipinski definition) is 0. The van der Waals surface area contributed by atoms with E-state index in [2.05, 4.69) is 0 Å². The van der Waals surface area contributed by atoms with Crippen LogP contribution in [0.4, 0.5) is 30.7 Å². The number of rotatable bonds is 4. The van der Waals surface area contributed by atoms with E-state index in [1.54, 1.807) is 0 Å². The van der Waals surface area contributed by atoms with E-state index in [0.29, 0.717) is 0 Å². The van der Waals surface area contributed by atoms with Gasteiger partial charge in [-0.05, 0) is 6.42 Å². The van der Waals surface area contributed by atoms with Crippen molar-refractivity contribution >= 4 is 0 Å². The van der Waals surface area contributed by atoms with Crippen LogP contribution in [0.1, 0.15) is 19.8 Å². The topological polar surface area (TPSA) is 0 Å². The minimum absolute atomic E-state index is 0.655. The molecule has 14 heavy (non-hydrogen) atoms. The van der Waals surface area contributed by atoms with Crippen LogP contribution >= 0.6 is 0 Å². The van der Waals surface area contributed by atoms with Gasteiger partial charge in [0.05, 0.1) is 6.42 Å². The lowest BCUT2D eigenvalue weighted by molar-refractivity contribution is -0.206. The first kappa shape index (κ1) is 13.5. The molecule has 2 atom stereocenters. The average molecular weight is 226 g/mol. The third-order valence-electron chi connectivity index (χ3n) is 1.62. The van der Waals surface area contributed by atoms with E-state index >= 15 is 0 Å². The summed E-state index contributed by atoms with van der Waals surface area (Å²) in [4.78, 5) is 0. The van der Waals surface area contributed by atoms with Gasteiger partial charge in [0.1, 0.15) is 0 Å². The highest BCUT2D eigenvalue weighted by atomic mass is 19.4. The van der Waals surface area contributed by atoms with E-state index in [4.69, 9.17) is 0 Å². The van der Waals surface area contributed by atoms with Crippen molar-refractivity contribution in [3.8, 4) is 0 Å². The Kier molecular flexibility index (Phi) is 4.20. The van der Waals surface area contributed by atoms with Crippen molar-refractivity contribution < 1.29 is 30.7 Å². The van der Waals surface area contributed by atoms with Crippen LogP contribution in [-0.2, 0) is 0 Å². The molecule has 0 aromatic carbocycles. The second-order valence-electron chi connectivity index (χ2n) is 2.85. The summed E-state index contributed by atoms with van der Waals surface area (Å²) in [6.45, 7) is 1.04. The van der Waals surface area contributed by atoms with E-state index < -0.39 is 37.3 Å². The first-order valence-corrected chi connectivity index (χ1v) is 3.84. The summed E-state index contributed by atoms with van der Waals surface area (Å²) in [5.41, 5.74) is 0. The number of hydrogen-bond donors (Lipinski definition) is 0. The monoisotopic (exact) mass is 226 g/mol. The van der Waals surface area contributed by atoms with Crippen molar-refractivity contribution in [2.45, 2.75) is 44.2 Å². The van der Waals surface area contributed by atoms with Crippen LogP contribution in [-0.4, -0.2) is 24.4 Å². The van der Waals surface area contributed by atoms with E-state index in [1.165, 1.54) is 0 Å². The van der Waals surface area contributed by atoms with Gasteiger partial charge in [-0.3, -0.25) is 0 Å². The van der Waals surface area contributed by atoms with Crippen LogP contribution in [0.5, 0.6) is 0 Å². The summed E-state index contributed by atoms with van der Waals surface area (Å²) in [6, 6.07) is 0. The number of alkyl halides is 7. The third-order valence-corrected chi connectivity index (χ3v) is 1.62. The molecule has 0 bridgehead atoms. The fourth-order valence-corrected chi connectivity index (χ4v) is 0.781. The third kappa shape index (κ3) is 3.71. The van der Waals surface area contributed by atoms with Crippen molar-refractivity contribution in [1.29, 1.82) is 0 Å². The van der Waals surface area contributed by atoms with Crippen molar-refractivity contribution in [1.82, 2.24) is 0 Å². The van der Waals surface area contributed by atoms with Crippen LogP contribution in [0.25, 0.3) is 0 Å². The zero-order chi connectivity index (χ0) is 11.6. The molecule has 0 fully saturated rings. The maximum Gasteiger partial charge on any atom is 0.419 e. The highest BCUT2D eigenvalue weighted by Crippen LogP contribution is 2.35. The Morgan fingerprint density at radius 2 is 1.36 bits per heavy atom. The molecule has 0 aromatic heterocycles. The van der Waals surface area contributed by atoms with Gasteiger partial charge in [0.25, 0.3) is 5.92 Å². The van der Waals surface area contributed by atoms with E-state index in [1.807, 2.05) is 0 Å². The fourth-order valence-electron chi connectivity index (χ4n) is 0.781. The molecule has 0 radical (unpaired) electrons. The zero-order valence-corrected chi connectivity index (χ0v) is 7.21. The summed E-state index contributed by atoms with van der Waals surface area (Å²) in [7, 11) is 0. The molecule has 0 spiro atoms. The standard InChI is InChI=1S/C7H9F7/c1-2-4(8)6(10,11)3-5(9)7(12,13)14/h4-5H,2-3H2,1H3/t4?,5-/m0/s1. The first-order valence-electron chi connectivity index (χ1n) is 3.84. The molecular formula is C7H9F7. The molecule has 0 heterocycles. The highest BCUT2D eigenvalue weighted by molar-refractivity contribution is 4.82. The lowest BCUT2D eigenvalue weighted by atomic mass is 10.1. The molecule has 0 nitrogen and oxygen atoms in total. The van der Waals surface area contributed by atoms with Crippen LogP contribution in [0.2, 0.25) is 0 Å². The van der Waals surface area contributed by atoms with E-state index in [0.717, 1.165) is 6.92 Å². The zero-order valence-electron chi connectivity index (χ0n) is 7.21. The van der Waals surface area contributed by atoms with Crippen LogP contribution in [0, 0.1) is 0 Å². The normalized spacial score (nSPS) is 18.0. The minimum Gasteiger partial charge on any atom is -0.241 e. The van der Waals surface area contributed by atoms with Gasteiger partial charge in [0.2, 0.25) is 6.17 Å². The molecule has 86 valence electrons. The Balaban J connectivity index is 4.36. The Hall–Kier alpha value is -0.490. The Labute approximate surface area is 76.1 Å². The fraction of sp³-hybridized carbons (Fsp3) is 1.00. The summed E-state index contributed by atoms with van der Waals surface area (Å²) in [5.74, 6) is -4.27. The van der Waals surface area contributed by atoms with Gasteiger partial charge in [0.15, 0.2) is 6.17 Å². The second kappa shape index (κ2) is 4.35. The van der Waals surface area contributed by atoms with Crippen LogP contribution in [0.15, 0.2) is 0 Å². The maximum atomic E-state index is 12.5. The van der Waals surface area contributed by atoms with Gasteiger partial charge in [-0.1, -0.05) is 6.92 Å². The maximum absolute atomic E-state index is 12.5. The molecule has 0 aliphatic heterocycles. The second-order valence-corrected chi connectivity index (χ2v) is 2.85. The molecule has 0 N–H and O–H groups in total. The summed E-state index contributed by atoms with van der Waals surface area (Å²) >= 11 is 0. The Morgan fingerprint density at radius 3 is 1.64 bits per heavy atom. The van der Waals surface area contributed by atoms with Gasteiger partial charge in [-0.15, -0.1) is 0 Å². The predicted octanol–water partition coefficient (Wildman–Crippen LogP) is 3.66. The summed E-state index contributed by atoms with van der Waals surface area (Å²) < 4.78 is 84.0. The smallest absolute Gasteiger partial charge is 0.241 e. The highest BCUT2D eigenvalue weighted by Gasteiger charge is 2.50. The van der Waals surface area contributed by atoms with Crippen LogP contribution in [0.3, 0.4) is 0 Å². The lowest BCUT2D eigenvalue weighted by Crippen LogP contribution is -2.37. The van der Waals surface area contributed by atoms with Gasteiger partial charge in [0, 0.05) is 0 Å². The largest absolute Gasteiger partial charge is 0.419 e. The molecule has 0 amide bonds. The average Bonchev–Trinajstić information content (AvgIpc) is 2.00. The molecular weight excluding hydrogens is 217 g/mol. The summed E-state index contributed by atoms with van der Waals surface area (Å²) in [5, 5.41) is 0. The van der Waals surface area contributed by atoms with Crippen LogP contribution < -0.4 is 0 Å². The number of halogens is 7. The molecule has 7 heteroatoms. The van der Waals surface area contributed by atoms with Crippen molar-refractivity contribution in [3.63, 3.8) is 0 Å². The van der Waals surface area contributed by atoms with Crippen molar-refractivity contribution in [2.24, 2.45) is 0 Å². The van der Waals surface area contributed by atoms with Gasteiger partial charge >= 0.3 is 6.18 Å². The van der Waals surface area contributed by atoms with Gasteiger partial charge in [-0.25, -0.2) is 17.6 Å². The summed E-state index contributed by atoms with van der Waals surface area (Å²) in [6.07, 6.45) is -14.6. The first-order chi connectivity index (χ1) is 6.11. The molecule has 0 aliphatic carbocycles.